The smallest absolute Gasteiger partial charge is 0.128 e. The number of benzene rings is 2. The molecule has 1 unspecified atom stereocenters. The number of nitrogens with two attached hydrogens (primary N) is 1. The quantitative estimate of drug-likeness (QED) is 0.933. The molecule has 2 N–H and O–H groups in total. The van der Waals surface area contributed by atoms with E-state index < -0.39 is 6.04 Å². The fourth-order valence-corrected chi connectivity index (χ4v) is 2.31. The maximum absolute atomic E-state index is 13.9. The van der Waals surface area contributed by atoms with E-state index in [1.807, 2.05) is 43.3 Å². The zero-order valence-corrected chi connectivity index (χ0v) is 12.5. The highest BCUT2D eigenvalue weighted by molar-refractivity contribution is 9.10. The third kappa shape index (κ3) is 3.14. The maximum atomic E-state index is 13.9. The first-order chi connectivity index (χ1) is 8.99. The van der Waals surface area contributed by atoms with Crippen LogP contribution < -0.4 is 10.6 Å². The van der Waals surface area contributed by atoms with Crippen molar-refractivity contribution >= 4 is 21.6 Å². The Hall–Kier alpha value is -1.39. The summed E-state index contributed by atoms with van der Waals surface area (Å²) >= 11 is 3.34. The molecular formula is C15H16BrFN2. The normalized spacial score (nSPS) is 12.3. The lowest BCUT2D eigenvalue weighted by atomic mass is 9.98. The van der Waals surface area contributed by atoms with Crippen LogP contribution in [0.15, 0.2) is 46.9 Å². The summed E-state index contributed by atoms with van der Waals surface area (Å²) in [5.74, 6) is -0.286. The van der Waals surface area contributed by atoms with E-state index in [9.17, 15) is 4.39 Å². The van der Waals surface area contributed by atoms with Gasteiger partial charge in [0.1, 0.15) is 5.82 Å². The highest BCUT2D eigenvalue weighted by Gasteiger charge is 2.14. The first-order valence-electron chi connectivity index (χ1n) is 5.97. The van der Waals surface area contributed by atoms with E-state index in [0.717, 1.165) is 15.7 Å². The fourth-order valence-electron chi connectivity index (χ4n) is 1.93. The van der Waals surface area contributed by atoms with Crippen LogP contribution in [0.1, 0.15) is 17.2 Å². The van der Waals surface area contributed by atoms with Gasteiger partial charge in [-0.1, -0.05) is 28.1 Å². The SMILES string of the molecule is CN(C)c1cccc(C(N)c2cc(Br)ccc2F)c1. The van der Waals surface area contributed by atoms with Crippen molar-refractivity contribution in [3.63, 3.8) is 0 Å². The first kappa shape index (κ1) is 14.0. The van der Waals surface area contributed by atoms with Gasteiger partial charge in [-0.2, -0.15) is 0 Å². The molecule has 0 saturated carbocycles. The predicted molar refractivity (Wildman–Crippen MR) is 80.9 cm³/mol. The molecule has 0 heterocycles. The number of hydrogen-bond acceptors (Lipinski definition) is 2. The van der Waals surface area contributed by atoms with E-state index in [1.165, 1.54) is 6.07 Å². The average molecular weight is 323 g/mol. The molecule has 0 fully saturated rings. The maximum Gasteiger partial charge on any atom is 0.128 e. The highest BCUT2D eigenvalue weighted by atomic mass is 79.9. The van der Waals surface area contributed by atoms with E-state index >= 15 is 0 Å². The molecule has 2 rings (SSSR count). The standard InChI is InChI=1S/C15H16BrFN2/c1-19(2)12-5-3-4-10(8-12)15(18)13-9-11(16)6-7-14(13)17/h3-9,15H,18H2,1-2H3. The van der Waals surface area contributed by atoms with Gasteiger partial charge in [0.25, 0.3) is 0 Å². The van der Waals surface area contributed by atoms with E-state index in [2.05, 4.69) is 15.9 Å². The zero-order chi connectivity index (χ0) is 14.0. The Kier molecular flexibility index (Phi) is 4.22. The number of anilines is 1. The molecular weight excluding hydrogens is 307 g/mol. The Morgan fingerprint density at radius 3 is 2.58 bits per heavy atom. The number of rotatable bonds is 3. The predicted octanol–water partition coefficient (Wildman–Crippen LogP) is 3.70. The molecule has 0 bridgehead atoms. The molecule has 100 valence electrons. The molecule has 0 radical (unpaired) electrons. The van der Waals surface area contributed by atoms with Crippen molar-refractivity contribution in [3.05, 3.63) is 63.9 Å². The Labute approximate surface area is 121 Å². The Bertz CT molecular complexity index is 584. The summed E-state index contributed by atoms with van der Waals surface area (Å²) in [6, 6.07) is 12.2. The van der Waals surface area contributed by atoms with Crippen LogP contribution in [0.4, 0.5) is 10.1 Å². The van der Waals surface area contributed by atoms with Gasteiger partial charge in [-0.3, -0.25) is 0 Å². The number of hydrogen-bond donors (Lipinski definition) is 1. The number of halogens is 2. The van der Waals surface area contributed by atoms with Crippen LogP contribution in [0.3, 0.4) is 0 Å². The molecule has 2 nitrogen and oxygen atoms in total. The van der Waals surface area contributed by atoms with Crippen LogP contribution in [0.25, 0.3) is 0 Å². The first-order valence-corrected chi connectivity index (χ1v) is 6.76. The van der Waals surface area contributed by atoms with Gasteiger partial charge < -0.3 is 10.6 Å². The largest absolute Gasteiger partial charge is 0.378 e. The topological polar surface area (TPSA) is 29.3 Å². The van der Waals surface area contributed by atoms with Gasteiger partial charge in [-0.25, -0.2) is 4.39 Å². The van der Waals surface area contributed by atoms with Gasteiger partial charge in [0.05, 0.1) is 6.04 Å². The van der Waals surface area contributed by atoms with Crippen molar-refractivity contribution < 1.29 is 4.39 Å². The molecule has 4 heteroatoms. The molecule has 0 spiro atoms. The molecule has 0 aromatic heterocycles. The minimum Gasteiger partial charge on any atom is -0.378 e. The molecule has 1 atom stereocenters. The highest BCUT2D eigenvalue weighted by Crippen LogP contribution is 2.27. The summed E-state index contributed by atoms with van der Waals surface area (Å²) < 4.78 is 14.7. The summed E-state index contributed by atoms with van der Waals surface area (Å²) in [7, 11) is 3.93. The lowest BCUT2D eigenvalue weighted by Crippen LogP contribution is -2.15. The molecule has 0 amide bonds. The van der Waals surface area contributed by atoms with Crippen molar-refractivity contribution in [1.29, 1.82) is 0 Å². The molecule has 19 heavy (non-hydrogen) atoms. The van der Waals surface area contributed by atoms with Gasteiger partial charge in [0.2, 0.25) is 0 Å². The van der Waals surface area contributed by atoms with Crippen LogP contribution >= 0.6 is 15.9 Å². The van der Waals surface area contributed by atoms with Crippen molar-refractivity contribution in [1.82, 2.24) is 0 Å². The van der Waals surface area contributed by atoms with Gasteiger partial charge in [0, 0.05) is 29.8 Å². The van der Waals surface area contributed by atoms with E-state index in [0.29, 0.717) is 5.56 Å². The van der Waals surface area contributed by atoms with E-state index in [4.69, 9.17) is 5.73 Å². The molecule has 2 aromatic rings. The molecule has 0 aliphatic heterocycles. The summed E-state index contributed by atoms with van der Waals surface area (Å²) in [5, 5.41) is 0. The Balaban J connectivity index is 2.41. The average Bonchev–Trinajstić information content (AvgIpc) is 2.41. The Morgan fingerprint density at radius 2 is 1.89 bits per heavy atom. The minimum absolute atomic E-state index is 0.286. The summed E-state index contributed by atoms with van der Waals surface area (Å²) in [4.78, 5) is 1.99. The monoisotopic (exact) mass is 322 g/mol. The van der Waals surface area contributed by atoms with Crippen LogP contribution in [0.5, 0.6) is 0 Å². The second-order valence-corrected chi connectivity index (χ2v) is 5.55. The second-order valence-electron chi connectivity index (χ2n) is 4.63. The summed E-state index contributed by atoms with van der Waals surface area (Å²) in [5.41, 5.74) is 8.60. The summed E-state index contributed by atoms with van der Waals surface area (Å²) in [6.07, 6.45) is 0. The zero-order valence-electron chi connectivity index (χ0n) is 10.9. The molecule has 2 aromatic carbocycles. The van der Waals surface area contributed by atoms with Crippen LogP contribution in [0.2, 0.25) is 0 Å². The third-order valence-electron chi connectivity index (χ3n) is 3.04. The Morgan fingerprint density at radius 1 is 1.16 bits per heavy atom. The third-order valence-corrected chi connectivity index (χ3v) is 3.53. The van der Waals surface area contributed by atoms with Crippen molar-refractivity contribution in [2.75, 3.05) is 19.0 Å². The fraction of sp³-hybridized carbons (Fsp3) is 0.200. The van der Waals surface area contributed by atoms with Crippen LogP contribution in [-0.2, 0) is 0 Å². The van der Waals surface area contributed by atoms with Gasteiger partial charge in [0.15, 0.2) is 0 Å². The van der Waals surface area contributed by atoms with Crippen molar-refractivity contribution in [3.8, 4) is 0 Å². The van der Waals surface area contributed by atoms with E-state index in [1.54, 1.807) is 12.1 Å². The lowest BCUT2D eigenvalue weighted by Gasteiger charge is -2.18. The minimum atomic E-state index is -0.475. The van der Waals surface area contributed by atoms with Crippen molar-refractivity contribution in [2.24, 2.45) is 5.73 Å². The van der Waals surface area contributed by atoms with E-state index in [-0.39, 0.29) is 5.82 Å². The van der Waals surface area contributed by atoms with Gasteiger partial charge in [-0.05, 0) is 35.9 Å². The summed E-state index contributed by atoms with van der Waals surface area (Å²) in [6.45, 7) is 0. The molecule has 0 aliphatic rings. The lowest BCUT2D eigenvalue weighted by molar-refractivity contribution is 0.599. The molecule has 0 aliphatic carbocycles. The second kappa shape index (κ2) is 5.72. The molecule has 0 saturated heterocycles. The van der Waals surface area contributed by atoms with Gasteiger partial charge >= 0.3 is 0 Å². The van der Waals surface area contributed by atoms with Crippen LogP contribution in [-0.4, -0.2) is 14.1 Å². The van der Waals surface area contributed by atoms with Crippen molar-refractivity contribution in [2.45, 2.75) is 6.04 Å². The van der Waals surface area contributed by atoms with Crippen LogP contribution in [0, 0.1) is 5.82 Å². The van der Waals surface area contributed by atoms with Gasteiger partial charge in [-0.15, -0.1) is 0 Å². The number of nitrogens with zero attached hydrogens (tertiary/aromatic N) is 1.